The second kappa shape index (κ2) is 55.9. The second-order valence-corrected chi connectivity index (χ2v) is 20.2. The average Bonchev–Trinajstić information content (AvgIpc) is 3.33. The van der Waals surface area contributed by atoms with Crippen molar-refractivity contribution < 1.29 is 32.8 Å². The van der Waals surface area contributed by atoms with Crippen LogP contribution in [-0.2, 0) is 27.9 Å². The molecule has 3 N–H and O–H groups in total. The average molecular weight is 974 g/mol. The van der Waals surface area contributed by atoms with Gasteiger partial charge < -0.3 is 20.1 Å². The van der Waals surface area contributed by atoms with Crippen molar-refractivity contribution >= 4 is 13.8 Å². The summed E-state index contributed by atoms with van der Waals surface area (Å²) in [5.41, 5.74) is 5.40. The van der Waals surface area contributed by atoms with Gasteiger partial charge in [-0.05, 0) is 83.5 Å². The summed E-state index contributed by atoms with van der Waals surface area (Å²) in [7, 11) is -4.29. The van der Waals surface area contributed by atoms with Crippen LogP contribution in [0.15, 0.2) is 72.9 Å². The first-order valence-electron chi connectivity index (χ1n) is 28.4. The molecule has 0 rings (SSSR count). The highest BCUT2D eigenvalue weighted by molar-refractivity contribution is 7.47. The molecule has 0 aliphatic heterocycles. The number of hydrogen-bond donors (Lipinski definition) is 2. The molecule has 0 fully saturated rings. The lowest BCUT2D eigenvalue weighted by molar-refractivity contribution is -0.154. The highest BCUT2D eigenvalue weighted by atomic mass is 31.2. The zero-order valence-corrected chi connectivity index (χ0v) is 45.2. The fourth-order valence-corrected chi connectivity index (χ4v) is 8.73. The molecule has 0 aliphatic carbocycles. The third-order valence-electron chi connectivity index (χ3n) is 12.1. The molecule has 9 heteroatoms. The van der Waals surface area contributed by atoms with Gasteiger partial charge >= 0.3 is 13.8 Å². The number of rotatable bonds is 54. The number of carbonyl (C=O) groups is 1. The Kier molecular flexibility index (Phi) is 54.2. The van der Waals surface area contributed by atoms with Crippen molar-refractivity contribution in [3.8, 4) is 0 Å². The molecule has 396 valence electrons. The monoisotopic (exact) mass is 974 g/mol. The lowest BCUT2D eigenvalue weighted by Gasteiger charge is -2.20. The molecule has 2 unspecified atom stereocenters. The highest BCUT2D eigenvalue weighted by Gasteiger charge is 2.25. The van der Waals surface area contributed by atoms with E-state index >= 15 is 0 Å². The summed E-state index contributed by atoms with van der Waals surface area (Å²) in [6, 6.07) is 0. The topological polar surface area (TPSA) is 117 Å². The number of phosphoric acid groups is 1. The van der Waals surface area contributed by atoms with Crippen molar-refractivity contribution in [2.24, 2.45) is 5.73 Å². The van der Waals surface area contributed by atoms with Crippen LogP contribution in [0.3, 0.4) is 0 Å². The third kappa shape index (κ3) is 54.9. The van der Waals surface area contributed by atoms with E-state index in [1.807, 2.05) is 0 Å². The third-order valence-corrected chi connectivity index (χ3v) is 13.1. The van der Waals surface area contributed by atoms with Gasteiger partial charge in [0.15, 0.2) is 0 Å². The Bertz CT molecular complexity index is 1280. The predicted molar refractivity (Wildman–Crippen MR) is 293 cm³/mol. The SMILES string of the molecule is CC/C=C\C/C=C\C/C=C\C/C=C\C/C=C\CCCCCCCCCCOCC(COP(=O)(O)OCCN)OC(=O)CCCCCCCCCCCCCCC/C=C\CCCCCCCCCC. The maximum atomic E-state index is 12.7. The Hall–Kier alpha value is -2.06. The number of hydrogen-bond acceptors (Lipinski definition) is 7. The van der Waals surface area contributed by atoms with Crippen molar-refractivity contribution in [3.63, 3.8) is 0 Å². The molecule has 0 radical (unpaired) electrons. The zero-order valence-electron chi connectivity index (χ0n) is 44.3. The lowest BCUT2D eigenvalue weighted by Crippen LogP contribution is -2.28. The van der Waals surface area contributed by atoms with Crippen LogP contribution in [0.5, 0.6) is 0 Å². The fourth-order valence-electron chi connectivity index (χ4n) is 7.96. The molecular weight excluding hydrogens is 866 g/mol. The van der Waals surface area contributed by atoms with Crippen LogP contribution in [0.2, 0.25) is 0 Å². The maximum absolute atomic E-state index is 12.7. The van der Waals surface area contributed by atoms with Crippen LogP contribution < -0.4 is 5.73 Å². The number of phosphoric ester groups is 1. The Morgan fingerprint density at radius 3 is 1.25 bits per heavy atom. The van der Waals surface area contributed by atoms with Gasteiger partial charge in [-0.1, -0.05) is 241 Å². The van der Waals surface area contributed by atoms with Crippen molar-refractivity contribution in [1.82, 2.24) is 0 Å². The standard InChI is InChI=1S/C59H108NO7P/c1-3-5-7-9-11-13-15-17-19-21-23-25-27-29-30-32-34-36-38-40-42-44-46-48-50-52-59(61)67-58(57-66-68(62,63)65-55-53-60)56-64-54-51-49-47-45-43-41-39-37-35-33-31-28-26-24-22-20-18-16-14-12-10-8-6-4-2/h6,8,12,14,18,20-21,23-24,26,31,33,58H,3-5,7,9-11,13,15-17,19,22,25,27-30,32,34-57,60H2,1-2H3,(H,62,63)/b8-6-,14-12-,20-18-,23-21-,26-24-,33-31-. The number of unbranched alkanes of at least 4 members (excludes halogenated alkanes) is 29. The van der Waals surface area contributed by atoms with E-state index in [0.29, 0.717) is 13.0 Å². The normalized spacial score (nSPS) is 13.8. The minimum Gasteiger partial charge on any atom is -0.457 e. The van der Waals surface area contributed by atoms with E-state index in [4.69, 9.17) is 24.3 Å². The van der Waals surface area contributed by atoms with E-state index in [2.05, 4.69) is 86.8 Å². The van der Waals surface area contributed by atoms with Gasteiger partial charge in [-0.15, -0.1) is 0 Å². The molecular formula is C59H108NO7P. The maximum Gasteiger partial charge on any atom is 0.472 e. The van der Waals surface area contributed by atoms with E-state index < -0.39 is 13.9 Å². The minimum atomic E-state index is -4.29. The van der Waals surface area contributed by atoms with Crippen LogP contribution in [0, 0.1) is 0 Å². The van der Waals surface area contributed by atoms with Crippen LogP contribution in [0.1, 0.15) is 258 Å². The number of carbonyl (C=O) groups excluding carboxylic acids is 1. The van der Waals surface area contributed by atoms with Gasteiger partial charge in [0.05, 0.1) is 19.8 Å². The number of allylic oxidation sites excluding steroid dienone is 12. The van der Waals surface area contributed by atoms with Gasteiger partial charge in [-0.2, -0.15) is 0 Å². The molecule has 0 aromatic carbocycles. The van der Waals surface area contributed by atoms with Crippen LogP contribution in [0.4, 0.5) is 0 Å². The Balaban J connectivity index is 3.91. The van der Waals surface area contributed by atoms with E-state index in [0.717, 1.165) is 70.6 Å². The molecule has 0 aromatic rings. The molecule has 0 spiro atoms. The highest BCUT2D eigenvalue weighted by Crippen LogP contribution is 2.43. The quantitative estimate of drug-likeness (QED) is 0.0268. The largest absolute Gasteiger partial charge is 0.472 e. The smallest absolute Gasteiger partial charge is 0.457 e. The first kappa shape index (κ1) is 65.9. The number of esters is 1. The molecule has 8 nitrogen and oxygen atoms in total. The van der Waals surface area contributed by atoms with Crippen molar-refractivity contribution in [1.29, 1.82) is 0 Å². The molecule has 0 amide bonds. The van der Waals surface area contributed by atoms with Gasteiger partial charge in [-0.25, -0.2) is 4.57 Å². The van der Waals surface area contributed by atoms with E-state index in [9.17, 15) is 14.3 Å². The molecule has 0 aliphatic rings. The molecule has 2 atom stereocenters. The fraction of sp³-hybridized carbons (Fsp3) is 0.780. The summed E-state index contributed by atoms with van der Waals surface area (Å²) < 4.78 is 33.7. The first-order valence-corrected chi connectivity index (χ1v) is 29.9. The van der Waals surface area contributed by atoms with Gasteiger partial charge in [0.1, 0.15) is 6.10 Å². The summed E-state index contributed by atoms with van der Waals surface area (Å²) in [6.45, 7) is 4.82. The Morgan fingerprint density at radius 2 is 0.824 bits per heavy atom. The van der Waals surface area contributed by atoms with Crippen molar-refractivity contribution in [3.05, 3.63) is 72.9 Å². The van der Waals surface area contributed by atoms with Crippen LogP contribution in [0.25, 0.3) is 0 Å². The van der Waals surface area contributed by atoms with Gasteiger partial charge in [0.25, 0.3) is 0 Å². The zero-order chi connectivity index (χ0) is 49.4. The van der Waals surface area contributed by atoms with Crippen LogP contribution in [-0.4, -0.2) is 49.9 Å². The molecule has 0 heterocycles. The number of ether oxygens (including phenoxy) is 2. The summed E-state index contributed by atoms with van der Waals surface area (Å²) in [6.07, 6.45) is 72.4. The van der Waals surface area contributed by atoms with E-state index in [-0.39, 0.29) is 32.3 Å². The molecule has 0 saturated heterocycles. The Labute approximate surface area is 420 Å². The van der Waals surface area contributed by atoms with Gasteiger partial charge in [0.2, 0.25) is 0 Å². The van der Waals surface area contributed by atoms with Gasteiger partial charge in [-0.3, -0.25) is 13.8 Å². The summed E-state index contributed by atoms with van der Waals surface area (Å²) in [4.78, 5) is 22.7. The minimum absolute atomic E-state index is 0.0965. The van der Waals surface area contributed by atoms with Crippen molar-refractivity contribution in [2.45, 2.75) is 264 Å². The molecule has 68 heavy (non-hydrogen) atoms. The first-order chi connectivity index (χ1) is 33.4. The van der Waals surface area contributed by atoms with E-state index in [1.54, 1.807) is 0 Å². The molecule has 0 bridgehead atoms. The molecule has 0 saturated carbocycles. The van der Waals surface area contributed by atoms with Crippen molar-refractivity contribution in [2.75, 3.05) is 33.0 Å². The van der Waals surface area contributed by atoms with Gasteiger partial charge in [0, 0.05) is 19.6 Å². The van der Waals surface area contributed by atoms with Crippen LogP contribution >= 0.6 is 7.82 Å². The number of nitrogens with two attached hydrogens (primary N) is 1. The second-order valence-electron chi connectivity index (χ2n) is 18.8. The summed E-state index contributed by atoms with van der Waals surface area (Å²) >= 11 is 0. The lowest BCUT2D eigenvalue weighted by atomic mass is 10.0. The molecule has 0 aromatic heterocycles. The Morgan fingerprint density at radius 1 is 0.456 bits per heavy atom. The summed E-state index contributed by atoms with van der Waals surface area (Å²) in [5, 5.41) is 0. The predicted octanol–water partition coefficient (Wildman–Crippen LogP) is 18.2. The summed E-state index contributed by atoms with van der Waals surface area (Å²) in [5.74, 6) is -0.332. The van der Waals surface area contributed by atoms with E-state index in [1.165, 1.54) is 167 Å².